The summed E-state index contributed by atoms with van der Waals surface area (Å²) >= 11 is 0. The fourth-order valence-electron chi connectivity index (χ4n) is 0.953. The van der Waals surface area contributed by atoms with E-state index in [9.17, 15) is 14.7 Å². The molecule has 0 aliphatic rings. The van der Waals surface area contributed by atoms with Crippen molar-refractivity contribution in [1.29, 1.82) is 0 Å². The summed E-state index contributed by atoms with van der Waals surface area (Å²) < 4.78 is 0. The first-order valence-electron chi connectivity index (χ1n) is 4.59. The predicted molar refractivity (Wildman–Crippen MR) is 53.9 cm³/mol. The molecule has 1 aromatic rings. The van der Waals surface area contributed by atoms with Crippen molar-refractivity contribution in [3.63, 3.8) is 0 Å². The Kier molecular flexibility index (Phi) is 3.28. The van der Waals surface area contributed by atoms with Gasteiger partial charge in [0.2, 0.25) is 0 Å². The second kappa shape index (κ2) is 4.31. The topological polar surface area (TPSA) is 115 Å². The molecule has 0 fully saturated rings. The van der Waals surface area contributed by atoms with Crippen LogP contribution in [-0.4, -0.2) is 44.4 Å². The fraction of sp³-hybridized carbons (Fsp3) is 0.444. The zero-order valence-electron chi connectivity index (χ0n) is 8.94. The monoisotopic (exact) mass is 227 g/mol. The number of carbonyl (C=O) groups excluding carboxylic acids is 1. The van der Waals surface area contributed by atoms with Gasteiger partial charge < -0.3 is 15.5 Å². The number of aliphatic hydroxyl groups is 1. The highest BCUT2D eigenvalue weighted by molar-refractivity contribution is 5.92. The van der Waals surface area contributed by atoms with Crippen molar-refractivity contribution in [2.75, 3.05) is 6.54 Å². The van der Waals surface area contributed by atoms with E-state index in [1.165, 1.54) is 6.07 Å². The molecular formula is C9H13N3O4. The molecule has 1 heterocycles. The minimum absolute atomic E-state index is 0.152. The zero-order valence-corrected chi connectivity index (χ0v) is 8.94. The van der Waals surface area contributed by atoms with Crippen LogP contribution in [-0.2, 0) is 4.79 Å². The number of aromatic nitrogens is 2. The lowest BCUT2D eigenvalue weighted by molar-refractivity contribution is -0.155. The maximum absolute atomic E-state index is 11.4. The van der Waals surface area contributed by atoms with E-state index in [0.717, 1.165) is 12.6 Å². The van der Waals surface area contributed by atoms with Gasteiger partial charge in [0.1, 0.15) is 5.69 Å². The summed E-state index contributed by atoms with van der Waals surface area (Å²) in [5.41, 5.74) is -1.12. The second-order valence-electron chi connectivity index (χ2n) is 3.70. The highest BCUT2D eigenvalue weighted by atomic mass is 16.4. The number of aryl methyl sites for hydroxylation is 1. The zero-order chi connectivity index (χ0) is 12.3. The highest BCUT2D eigenvalue weighted by Gasteiger charge is 2.30. The normalized spacial score (nSPS) is 14.2. The van der Waals surface area contributed by atoms with E-state index < -0.39 is 17.5 Å². The Morgan fingerprint density at radius 1 is 1.62 bits per heavy atom. The van der Waals surface area contributed by atoms with Gasteiger partial charge in [0, 0.05) is 5.69 Å². The number of aromatic amines is 1. The largest absolute Gasteiger partial charge is 0.479 e. The number of nitrogens with one attached hydrogen (secondary N) is 2. The van der Waals surface area contributed by atoms with Gasteiger partial charge in [-0.2, -0.15) is 5.10 Å². The first-order chi connectivity index (χ1) is 7.33. The lowest BCUT2D eigenvalue weighted by Crippen LogP contribution is -2.46. The minimum Gasteiger partial charge on any atom is -0.479 e. The maximum Gasteiger partial charge on any atom is 0.337 e. The summed E-state index contributed by atoms with van der Waals surface area (Å²) in [6, 6.07) is 1.52. The van der Waals surface area contributed by atoms with Crippen molar-refractivity contribution < 1.29 is 19.8 Å². The number of rotatable bonds is 4. The molecule has 0 bridgehead atoms. The van der Waals surface area contributed by atoms with Gasteiger partial charge in [0.05, 0.1) is 6.54 Å². The van der Waals surface area contributed by atoms with Crippen LogP contribution in [0.4, 0.5) is 0 Å². The summed E-state index contributed by atoms with van der Waals surface area (Å²) in [4.78, 5) is 22.0. The van der Waals surface area contributed by atoms with Crippen molar-refractivity contribution in [3.05, 3.63) is 17.5 Å². The van der Waals surface area contributed by atoms with E-state index in [1.54, 1.807) is 6.92 Å². The average molecular weight is 227 g/mol. The molecule has 0 saturated carbocycles. The molecular weight excluding hydrogens is 214 g/mol. The molecule has 16 heavy (non-hydrogen) atoms. The first-order valence-corrected chi connectivity index (χ1v) is 4.59. The van der Waals surface area contributed by atoms with E-state index in [1.807, 2.05) is 0 Å². The molecule has 0 saturated heterocycles. The third-order valence-corrected chi connectivity index (χ3v) is 1.99. The van der Waals surface area contributed by atoms with Crippen LogP contribution < -0.4 is 5.32 Å². The number of nitrogens with zero attached hydrogens (tertiary/aromatic N) is 1. The average Bonchev–Trinajstić information content (AvgIpc) is 2.61. The number of H-pyrrole nitrogens is 1. The van der Waals surface area contributed by atoms with Gasteiger partial charge in [-0.25, -0.2) is 4.79 Å². The Labute approximate surface area is 91.5 Å². The van der Waals surface area contributed by atoms with Crippen molar-refractivity contribution in [2.45, 2.75) is 19.4 Å². The van der Waals surface area contributed by atoms with Crippen molar-refractivity contribution in [3.8, 4) is 0 Å². The van der Waals surface area contributed by atoms with Gasteiger partial charge in [0.15, 0.2) is 5.60 Å². The van der Waals surface area contributed by atoms with Crippen molar-refractivity contribution in [2.24, 2.45) is 0 Å². The number of carbonyl (C=O) groups is 2. The lowest BCUT2D eigenvalue weighted by Gasteiger charge is -2.17. The quantitative estimate of drug-likeness (QED) is 0.542. The molecule has 7 nitrogen and oxygen atoms in total. The van der Waals surface area contributed by atoms with Gasteiger partial charge in [0.25, 0.3) is 5.91 Å². The number of carboxylic acids is 1. The Hall–Kier alpha value is -1.89. The number of hydrogen-bond acceptors (Lipinski definition) is 4. The van der Waals surface area contributed by atoms with Crippen molar-refractivity contribution in [1.82, 2.24) is 15.5 Å². The molecule has 4 N–H and O–H groups in total. The van der Waals surface area contributed by atoms with Gasteiger partial charge in [-0.05, 0) is 19.9 Å². The van der Waals surface area contributed by atoms with E-state index >= 15 is 0 Å². The van der Waals surface area contributed by atoms with Crippen LogP contribution in [0.1, 0.15) is 23.1 Å². The van der Waals surface area contributed by atoms with Crippen LogP contribution in [0.25, 0.3) is 0 Å². The molecule has 1 amide bonds. The molecule has 1 aromatic heterocycles. The summed E-state index contributed by atoms with van der Waals surface area (Å²) in [5.74, 6) is -1.93. The summed E-state index contributed by atoms with van der Waals surface area (Å²) in [7, 11) is 0. The van der Waals surface area contributed by atoms with Gasteiger partial charge in [-0.3, -0.25) is 9.89 Å². The van der Waals surface area contributed by atoms with Crippen LogP contribution in [0.5, 0.6) is 0 Å². The van der Waals surface area contributed by atoms with Crippen LogP contribution in [0, 0.1) is 6.92 Å². The number of carboxylic acid groups (broad SMARTS) is 1. The summed E-state index contributed by atoms with van der Waals surface area (Å²) in [6.07, 6.45) is 0. The lowest BCUT2D eigenvalue weighted by atomic mass is 10.1. The summed E-state index contributed by atoms with van der Waals surface area (Å²) in [5, 5.41) is 26.5. The fourth-order valence-corrected chi connectivity index (χ4v) is 0.953. The molecule has 1 unspecified atom stereocenters. The Bertz CT molecular complexity index is 411. The molecule has 0 radical (unpaired) electrons. The van der Waals surface area contributed by atoms with Crippen LogP contribution in [0.2, 0.25) is 0 Å². The summed E-state index contributed by atoms with van der Waals surface area (Å²) in [6.45, 7) is 2.45. The highest BCUT2D eigenvalue weighted by Crippen LogP contribution is 2.02. The standard InChI is InChI=1S/C9H13N3O4/c1-5-3-6(12-11-5)7(13)10-4-9(2,16)8(14)15/h3,16H,4H2,1-2H3,(H,10,13)(H,11,12)(H,14,15). The van der Waals surface area contributed by atoms with Crippen LogP contribution >= 0.6 is 0 Å². The SMILES string of the molecule is Cc1cc(C(=O)NCC(C)(O)C(=O)O)n[nH]1. The molecule has 7 heteroatoms. The molecule has 0 aliphatic heterocycles. The molecule has 1 rings (SSSR count). The molecule has 0 aromatic carbocycles. The maximum atomic E-state index is 11.4. The second-order valence-corrected chi connectivity index (χ2v) is 3.70. The third kappa shape index (κ3) is 2.80. The molecule has 0 spiro atoms. The third-order valence-electron chi connectivity index (χ3n) is 1.99. The van der Waals surface area contributed by atoms with Gasteiger partial charge in [-0.1, -0.05) is 0 Å². The van der Waals surface area contributed by atoms with Gasteiger partial charge >= 0.3 is 5.97 Å². The number of aliphatic carboxylic acids is 1. The molecule has 1 atom stereocenters. The van der Waals surface area contributed by atoms with Crippen LogP contribution in [0.3, 0.4) is 0 Å². The predicted octanol–water partition coefficient (Wildman–Crippen LogP) is -0.716. The number of amides is 1. The van der Waals surface area contributed by atoms with Gasteiger partial charge in [-0.15, -0.1) is 0 Å². The van der Waals surface area contributed by atoms with Crippen molar-refractivity contribution >= 4 is 11.9 Å². The Morgan fingerprint density at radius 3 is 2.69 bits per heavy atom. The Balaban J connectivity index is 2.57. The molecule has 0 aliphatic carbocycles. The minimum atomic E-state index is -1.99. The number of hydrogen-bond donors (Lipinski definition) is 4. The Morgan fingerprint density at radius 2 is 2.25 bits per heavy atom. The van der Waals surface area contributed by atoms with E-state index in [0.29, 0.717) is 0 Å². The first kappa shape index (κ1) is 12.2. The van der Waals surface area contributed by atoms with E-state index in [2.05, 4.69) is 15.5 Å². The van der Waals surface area contributed by atoms with E-state index in [4.69, 9.17) is 5.11 Å². The smallest absolute Gasteiger partial charge is 0.337 e. The van der Waals surface area contributed by atoms with Crippen LogP contribution in [0.15, 0.2) is 6.07 Å². The molecule has 88 valence electrons. The van der Waals surface area contributed by atoms with E-state index in [-0.39, 0.29) is 12.2 Å².